The topological polar surface area (TPSA) is 42.2 Å². The molecular formula is C9H14FN3O. The van der Waals surface area contributed by atoms with Crippen molar-refractivity contribution < 1.29 is 8.81 Å². The van der Waals surface area contributed by atoms with Crippen LogP contribution in [0.25, 0.3) is 0 Å². The second kappa shape index (κ2) is 3.94. The molecule has 14 heavy (non-hydrogen) atoms. The molecule has 1 aliphatic rings. The molecule has 0 saturated carbocycles. The molecule has 4 nitrogen and oxygen atoms in total. The molecule has 1 aliphatic heterocycles. The first-order valence-electron chi connectivity index (χ1n) is 5.01. The van der Waals surface area contributed by atoms with Gasteiger partial charge in [0.1, 0.15) is 6.17 Å². The maximum Gasteiger partial charge on any atom is 0.318 e. The number of piperidine rings is 1. The van der Waals surface area contributed by atoms with Crippen molar-refractivity contribution in [2.24, 2.45) is 0 Å². The molecule has 0 spiro atoms. The summed E-state index contributed by atoms with van der Waals surface area (Å²) >= 11 is 0. The van der Waals surface area contributed by atoms with Gasteiger partial charge >= 0.3 is 6.01 Å². The maximum atomic E-state index is 12.9. The lowest BCUT2D eigenvalue weighted by Gasteiger charge is -2.26. The Balaban J connectivity index is 2.01. The van der Waals surface area contributed by atoms with Gasteiger partial charge in [-0.05, 0) is 12.8 Å². The van der Waals surface area contributed by atoms with Gasteiger partial charge in [0.25, 0.3) is 0 Å². The van der Waals surface area contributed by atoms with Crippen molar-refractivity contribution in [2.75, 3.05) is 18.0 Å². The Kier molecular flexibility index (Phi) is 2.65. The van der Waals surface area contributed by atoms with Crippen LogP contribution in [0.15, 0.2) is 4.42 Å². The highest BCUT2D eigenvalue weighted by Gasteiger charge is 2.21. The Hall–Kier alpha value is -1.13. The van der Waals surface area contributed by atoms with E-state index in [0.29, 0.717) is 37.8 Å². The van der Waals surface area contributed by atoms with Gasteiger partial charge < -0.3 is 9.32 Å². The van der Waals surface area contributed by atoms with Crippen molar-refractivity contribution in [3.8, 4) is 0 Å². The zero-order valence-electron chi connectivity index (χ0n) is 8.24. The fraction of sp³-hybridized carbons (Fsp3) is 0.778. The molecule has 1 aromatic heterocycles. The number of aryl methyl sites for hydroxylation is 1. The molecule has 2 heterocycles. The zero-order chi connectivity index (χ0) is 9.97. The number of nitrogens with zero attached hydrogens (tertiary/aromatic N) is 3. The van der Waals surface area contributed by atoms with Crippen molar-refractivity contribution in [3.05, 3.63) is 5.89 Å². The molecule has 0 radical (unpaired) electrons. The van der Waals surface area contributed by atoms with E-state index in [1.54, 1.807) is 0 Å². The highest BCUT2D eigenvalue weighted by molar-refractivity contribution is 5.24. The Morgan fingerprint density at radius 2 is 2.14 bits per heavy atom. The number of aromatic nitrogens is 2. The zero-order valence-corrected chi connectivity index (χ0v) is 8.24. The lowest BCUT2D eigenvalue weighted by atomic mass is 10.1. The quantitative estimate of drug-likeness (QED) is 0.725. The van der Waals surface area contributed by atoms with Crippen molar-refractivity contribution in [2.45, 2.75) is 32.4 Å². The number of alkyl halides is 1. The predicted octanol–water partition coefficient (Wildman–Crippen LogP) is 1.57. The molecule has 1 aromatic rings. The average Bonchev–Trinajstić information content (AvgIpc) is 2.67. The molecule has 2 rings (SSSR count). The van der Waals surface area contributed by atoms with Crippen LogP contribution in [0.1, 0.15) is 25.7 Å². The second-order valence-corrected chi connectivity index (χ2v) is 3.49. The van der Waals surface area contributed by atoms with Crippen LogP contribution in [0, 0.1) is 0 Å². The highest BCUT2D eigenvalue weighted by Crippen LogP contribution is 2.19. The number of rotatable bonds is 2. The molecule has 0 aromatic carbocycles. The third-order valence-corrected chi connectivity index (χ3v) is 2.45. The van der Waals surface area contributed by atoms with Crippen LogP contribution in [-0.4, -0.2) is 29.5 Å². The molecule has 0 atom stereocenters. The van der Waals surface area contributed by atoms with Crippen LogP contribution in [0.4, 0.5) is 10.4 Å². The molecule has 0 N–H and O–H groups in total. The van der Waals surface area contributed by atoms with Gasteiger partial charge in [-0.1, -0.05) is 12.0 Å². The molecule has 0 amide bonds. The first-order chi connectivity index (χ1) is 6.79. The monoisotopic (exact) mass is 199 g/mol. The Morgan fingerprint density at radius 3 is 2.71 bits per heavy atom. The van der Waals surface area contributed by atoms with E-state index in [0.717, 1.165) is 6.42 Å². The van der Waals surface area contributed by atoms with Gasteiger partial charge in [0, 0.05) is 19.5 Å². The third-order valence-electron chi connectivity index (χ3n) is 2.45. The lowest BCUT2D eigenvalue weighted by molar-refractivity contribution is 0.272. The Bertz CT molecular complexity index is 294. The van der Waals surface area contributed by atoms with Gasteiger partial charge in [0.05, 0.1) is 0 Å². The van der Waals surface area contributed by atoms with Crippen LogP contribution in [0.2, 0.25) is 0 Å². The van der Waals surface area contributed by atoms with E-state index in [2.05, 4.69) is 10.2 Å². The molecule has 0 aliphatic carbocycles. The number of hydrogen-bond acceptors (Lipinski definition) is 4. The van der Waals surface area contributed by atoms with Gasteiger partial charge in [-0.2, -0.15) is 0 Å². The fourth-order valence-electron chi connectivity index (χ4n) is 1.55. The summed E-state index contributed by atoms with van der Waals surface area (Å²) in [7, 11) is 0. The minimum absolute atomic E-state index is 0.536. The normalized spacial score (nSPS) is 18.9. The van der Waals surface area contributed by atoms with E-state index < -0.39 is 6.17 Å². The van der Waals surface area contributed by atoms with Gasteiger partial charge in [0.15, 0.2) is 0 Å². The first kappa shape index (κ1) is 9.43. The molecule has 78 valence electrons. The Morgan fingerprint density at radius 1 is 1.43 bits per heavy atom. The Labute approximate surface area is 82.1 Å². The lowest BCUT2D eigenvalue weighted by Crippen LogP contribution is -2.34. The van der Waals surface area contributed by atoms with Crippen molar-refractivity contribution >= 4 is 6.01 Å². The molecular weight excluding hydrogens is 185 g/mol. The SMILES string of the molecule is CCc1nnc(N2CCC(F)CC2)o1. The second-order valence-electron chi connectivity index (χ2n) is 3.49. The summed E-state index contributed by atoms with van der Waals surface area (Å²) in [6.45, 7) is 3.31. The van der Waals surface area contributed by atoms with E-state index >= 15 is 0 Å². The summed E-state index contributed by atoms with van der Waals surface area (Å²) in [6, 6.07) is 0.536. The third kappa shape index (κ3) is 1.86. The summed E-state index contributed by atoms with van der Waals surface area (Å²) in [6.07, 6.45) is 1.19. The van der Waals surface area contributed by atoms with E-state index in [1.807, 2.05) is 11.8 Å². The summed E-state index contributed by atoms with van der Waals surface area (Å²) in [5.41, 5.74) is 0. The van der Waals surface area contributed by atoms with E-state index in [-0.39, 0.29) is 0 Å². The van der Waals surface area contributed by atoms with E-state index in [1.165, 1.54) is 0 Å². The highest BCUT2D eigenvalue weighted by atomic mass is 19.1. The van der Waals surface area contributed by atoms with Crippen LogP contribution < -0.4 is 4.90 Å². The summed E-state index contributed by atoms with van der Waals surface area (Å²) in [5.74, 6) is 0.641. The molecule has 0 unspecified atom stereocenters. The maximum absolute atomic E-state index is 12.9. The van der Waals surface area contributed by atoms with Crippen molar-refractivity contribution in [1.82, 2.24) is 10.2 Å². The molecule has 0 bridgehead atoms. The summed E-state index contributed by atoms with van der Waals surface area (Å²) in [5, 5.41) is 7.80. The minimum atomic E-state index is -0.667. The van der Waals surface area contributed by atoms with Crippen LogP contribution >= 0.6 is 0 Å². The van der Waals surface area contributed by atoms with Crippen molar-refractivity contribution in [1.29, 1.82) is 0 Å². The van der Waals surface area contributed by atoms with Crippen LogP contribution in [0.5, 0.6) is 0 Å². The molecule has 1 saturated heterocycles. The number of halogens is 1. The van der Waals surface area contributed by atoms with E-state index in [4.69, 9.17) is 4.42 Å². The van der Waals surface area contributed by atoms with Gasteiger partial charge in [-0.15, -0.1) is 5.10 Å². The first-order valence-corrected chi connectivity index (χ1v) is 5.01. The molecule has 1 fully saturated rings. The van der Waals surface area contributed by atoms with Gasteiger partial charge in [0.2, 0.25) is 5.89 Å². The van der Waals surface area contributed by atoms with Crippen molar-refractivity contribution in [3.63, 3.8) is 0 Å². The largest absolute Gasteiger partial charge is 0.408 e. The summed E-state index contributed by atoms with van der Waals surface area (Å²) < 4.78 is 18.2. The van der Waals surface area contributed by atoms with Gasteiger partial charge in [-0.3, -0.25) is 0 Å². The standard InChI is InChI=1S/C9H14FN3O/c1-2-8-11-12-9(14-8)13-5-3-7(10)4-6-13/h7H,2-6H2,1H3. The van der Waals surface area contributed by atoms with Crippen LogP contribution in [-0.2, 0) is 6.42 Å². The van der Waals surface area contributed by atoms with Crippen LogP contribution in [0.3, 0.4) is 0 Å². The smallest absolute Gasteiger partial charge is 0.318 e. The average molecular weight is 199 g/mol. The minimum Gasteiger partial charge on any atom is -0.408 e. The summed E-state index contributed by atoms with van der Waals surface area (Å²) in [4.78, 5) is 1.95. The fourth-order valence-corrected chi connectivity index (χ4v) is 1.55. The predicted molar refractivity (Wildman–Crippen MR) is 50.0 cm³/mol. The number of hydrogen-bond donors (Lipinski definition) is 0. The number of anilines is 1. The molecule has 5 heteroatoms. The van der Waals surface area contributed by atoms with Gasteiger partial charge in [-0.25, -0.2) is 4.39 Å². The van der Waals surface area contributed by atoms with E-state index in [9.17, 15) is 4.39 Å².